The van der Waals surface area contributed by atoms with E-state index in [1.807, 2.05) is 61.5 Å². The normalized spacial score (nSPS) is 11.7. The molecule has 0 heterocycles. The number of ether oxygens (including phenoxy) is 1. The standard InChI is InChI=1S/C22H27NO3/c1-4-5-7-16-20(24)26-21(19-15-11-10-12-17(19)2)22(25)23(3)18-13-8-6-9-14-18/h6,8-15,21H,4-5,7,16H2,1-3H3/t21-/m0/s1. The van der Waals surface area contributed by atoms with Crippen LogP contribution in [0.1, 0.15) is 49.8 Å². The zero-order chi connectivity index (χ0) is 18.9. The Balaban J connectivity index is 2.24. The summed E-state index contributed by atoms with van der Waals surface area (Å²) in [5, 5.41) is 0. The van der Waals surface area contributed by atoms with Crippen LogP contribution in [0.15, 0.2) is 54.6 Å². The molecule has 138 valence electrons. The Hall–Kier alpha value is -2.62. The molecular weight excluding hydrogens is 326 g/mol. The highest BCUT2D eigenvalue weighted by Gasteiger charge is 2.29. The number of nitrogens with zero attached hydrogens (tertiary/aromatic N) is 1. The van der Waals surface area contributed by atoms with Crippen LogP contribution in [0.4, 0.5) is 5.69 Å². The minimum atomic E-state index is -0.935. The van der Waals surface area contributed by atoms with Gasteiger partial charge in [0.15, 0.2) is 0 Å². The maximum Gasteiger partial charge on any atom is 0.306 e. The number of carbonyl (C=O) groups excluding carboxylic acids is 2. The van der Waals surface area contributed by atoms with E-state index in [0.29, 0.717) is 6.42 Å². The Kier molecular flexibility index (Phi) is 7.39. The second-order valence-electron chi connectivity index (χ2n) is 6.42. The molecule has 4 nitrogen and oxygen atoms in total. The Morgan fingerprint density at radius 2 is 1.65 bits per heavy atom. The van der Waals surface area contributed by atoms with Gasteiger partial charge in [0.2, 0.25) is 6.10 Å². The molecule has 26 heavy (non-hydrogen) atoms. The van der Waals surface area contributed by atoms with Gasteiger partial charge in [0.25, 0.3) is 5.91 Å². The molecule has 0 spiro atoms. The maximum absolute atomic E-state index is 13.1. The largest absolute Gasteiger partial charge is 0.447 e. The number of amides is 1. The summed E-state index contributed by atoms with van der Waals surface area (Å²) in [4.78, 5) is 26.9. The maximum atomic E-state index is 13.1. The van der Waals surface area contributed by atoms with Crippen molar-refractivity contribution in [1.82, 2.24) is 0 Å². The first-order chi connectivity index (χ1) is 12.5. The first kappa shape index (κ1) is 19.7. The summed E-state index contributed by atoms with van der Waals surface area (Å²) < 4.78 is 5.64. The lowest BCUT2D eigenvalue weighted by Gasteiger charge is -2.25. The summed E-state index contributed by atoms with van der Waals surface area (Å²) in [5.74, 6) is -0.587. The summed E-state index contributed by atoms with van der Waals surface area (Å²) in [5.41, 5.74) is 2.41. The van der Waals surface area contributed by atoms with Crippen LogP contribution in [-0.4, -0.2) is 18.9 Å². The van der Waals surface area contributed by atoms with Gasteiger partial charge in [-0.2, -0.15) is 0 Å². The van der Waals surface area contributed by atoms with Gasteiger partial charge in [-0.25, -0.2) is 0 Å². The van der Waals surface area contributed by atoms with E-state index in [9.17, 15) is 9.59 Å². The molecule has 2 rings (SSSR count). The average molecular weight is 353 g/mol. The number of benzene rings is 2. The minimum Gasteiger partial charge on any atom is -0.447 e. The fourth-order valence-corrected chi connectivity index (χ4v) is 2.79. The summed E-state index contributed by atoms with van der Waals surface area (Å²) in [7, 11) is 1.70. The summed E-state index contributed by atoms with van der Waals surface area (Å²) in [6, 6.07) is 16.9. The lowest BCUT2D eigenvalue weighted by Crippen LogP contribution is -2.34. The molecule has 1 amide bonds. The predicted octanol–water partition coefficient (Wildman–Crippen LogP) is 4.82. The van der Waals surface area contributed by atoms with Crippen molar-refractivity contribution in [3.63, 3.8) is 0 Å². The third-order valence-electron chi connectivity index (χ3n) is 4.40. The van der Waals surface area contributed by atoms with Gasteiger partial charge in [0.05, 0.1) is 0 Å². The second kappa shape index (κ2) is 9.76. The van der Waals surface area contributed by atoms with Crippen LogP contribution in [0.25, 0.3) is 0 Å². The Labute approximate surface area is 155 Å². The number of likely N-dealkylation sites (N-methyl/N-ethyl adjacent to an activating group) is 1. The van der Waals surface area contributed by atoms with Gasteiger partial charge >= 0.3 is 5.97 Å². The number of esters is 1. The Morgan fingerprint density at radius 1 is 1.00 bits per heavy atom. The van der Waals surface area contributed by atoms with Crippen molar-refractivity contribution >= 4 is 17.6 Å². The first-order valence-electron chi connectivity index (χ1n) is 9.12. The van der Waals surface area contributed by atoms with E-state index in [1.54, 1.807) is 7.05 Å². The van der Waals surface area contributed by atoms with Gasteiger partial charge in [-0.3, -0.25) is 9.59 Å². The molecule has 0 aromatic heterocycles. The molecule has 0 fully saturated rings. The molecule has 0 bridgehead atoms. The van der Waals surface area contributed by atoms with E-state index in [-0.39, 0.29) is 11.9 Å². The molecule has 0 saturated heterocycles. The van der Waals surface area contributed by atoms with Crippen LogP contribution in [0, 0.1) is 6.92 Å². The monoisotopic (exact) mass is 353 g/mol. The van der Waals surface area contributed by atoms with E-state index < -0.39 is 6.10 Å². The molecule has 4 heteroatoms. The van der Waals surface area contributed by atoms with E-state index in [0.717, 1.165) is 36.1 Å². The van der Waals surface area contributed by atoms with Crippen LogP contribution in [-0.2, 0) is 14.3 Å². The molecule has 1 atom stereocenters. The highest BCUT2D eigenvalue weighted by molar-refractivity contribution is 5.97. The fourth-order valence-electron chi connectivity index (χ4n) is 2.79. The fraction of sp³-hybridized carbons (Fsp3) is 0.364. The summed E-state index contributed by atoms with van der Waals surface area (Å²) >= 11 is 0. The van der Waals surface area contributed by atoms with Crippen LogP contribution in [0.2, 0.25) is 0 Å². The quantitative estimate of drug-likeness (QED) is 0.505. The van der Waals surface area contributed by atoms with Crippen LogP contribution in [0.3, 0.4) is 0 Å². The second-order valence-corrected chi connectivity index (χ2v) is 6.42. The molecule has 0 aliphatic heterocycles. The average Bonchev–Trinajstić information content (AvgIpc) is 2.66. The molecule has 2 aromatic carbocycles. The zero-order valence-corrected chi connectivity index (χ0v) is 15.8. The van der Waals surface area contributed by atoms with Crippen molar-refractivity contribution in [3.8, 4) is 0 Å². The molecule has 0 saturated carbocycles. The smallest absolute Gasteiger partial charge is 0.306 e. The van der Waals surface area contributed by atoms with E-state index in [4.69, 9.17) is 4.74 Å². The molecule has 0 radical (unpaired) electrons. The molecule has 0 aliphatic rings. The van der Waals surface area contributed by atoms with Crippen LogP contribution < -0.4 is 4.90 Å². The van der Waals surface area contributed by atoms with Crippen molar-refractivity contribution in [3.05, 3.63) is 65.7 Å². The van der Waals surface area contributed by atoms with E-state index >= 15 is 0 Å². The molecular formula is C22H27NO3. The van der Waals surface area contributed by atoms with Gasteiger partial charge in [-0.15, -0.1) is 0 Å². The number of hydrogen-bond acceptors (Lipinski definition) is 3. The van der Waals surface area contributed by atoms with Crippen molar-refractivity contribution in [2.75, 3.05) is 11.9 Å². The third-order valence-corrected chi connectivity index (χ3v) is 4.40. The highest BCUT2D eigenvalue weighted by atomic mass is 16.5. The molecule has 0 aliphatic carbocycles. The van der Waals surface area contributed by atoms with Gasteiger partial charge < -0.3 is 9.64 Å². The zero-order valence-electron chi connectivity index (χ0n) is 15.8. The van der Waals surface area contributed by atoms with Crippen LogP contribution in [0.5, 0.6) is 0 Å². The van der Waals surface area contributed by atoms with Crippen LogP contribution >= 0.6 is 0 Å². The lowest BCUT2D eigenvalue weighted by molar-refractivity contribution is -0.155. The first-order valence-corrected chi connectivity index (χ1v) is 9.12. The van der Waals surface area contributed by atoms with Crippen molar-refractivity contribution in [2.45, 2.75) is 45.6 Å². The lowest BCUT2D eigenvalue weighted by atomic mass is 10.0. The summed E-state index contributed by atoms with van der Waals surface area (Å²) in [6.45, 7) is 4.00. The van der Waals surface area contributed by atoms with E-state index in [1.165, 1.54) is 4.90 Å². The number of anilines is 1. The Morgan fingerprint density at radius 3 is 2.31 bits per heavy atom. The van der Waals surface area contributed by atoms with Crippen molar-refractivity contribution < 1.29 is 14.3 Å². The SMILES string of the molecule is CCCCCC(=O)O[C@H](C(=O)N(C)c1ccccc1)c1ccccc1C. The molecule has 0 N–H and O–H groups in total. The number of carbonyl (C=O) groups is 2. The van der Waals surface area contributed by atoms with Gasteiger partial charge in [0.1, 0.15) is 0 Å². The molecule has 0 unspecified atom stereocenters. The number of aryl methyl sites for hydroxylation is 1. The number of unbranched alkanes of at least 4 members (excludes halogenated alkanes) is 2. The highest BCUT2D eigenvalue weighted by Crippen LogP contribution is 2.26. The number of para-hydroxylation sites is 1. The van der Waals surface area contributed by atoms with E-state index in [2.05, 4.69) is 6.92 Å². The predicted molar refractivity (Wildman–Crippen MR) is 104 cm³/mol. The van der Waals surface area contributed by atoms with Gasteiger partial charge in [-0.1, -0.05) is 62.2 Å². The van der Waals surface area contributed by atoms with Crippen molar-refractivity contribution in [1.29, 1.82) is 0 Å². The number of rotatable bonds is 8. The topological polar surface area (TPSA) is 46.6 Å². The minimum absolute atomic E-state index is 0.255. The molecule has 2 aromatic rings. The van der Waals surface area contributed by atoms with Gasteiger partial charge in [-0.05, 0) is 31.0 Å². The van der Waals surface area contributed by atoms with Gasteiger partial charge in [0, 0.05) is 24.7 Å². The third kappa shape index (κ3) is 5.19. The van der Waals surface area contributed by atoms with Crippen molar-refractivity contribution in [2.24, 2.45) is 0 Å². The summed E-state index contributed by atoms with van der Waals surface area (Å²) in [6.07, 6.45) is 2.18. The number of hydrogen-bond donors (Lipinski definition) is 0. The Bertz CT molecular complexity index is 727.